The standard InChI is InChI=1S/C22H21N2O13/c1-14(25)35-18-8-4-2-6-16(18)21(27)32-13-33-22(28)17-7-3-5-9-19(17)36-20(26)11-10-15(37-23-29)12-34-24(30)31/h2-9,15,23H,10-13H2,1H3/q+1. The van der Waals surface area contributed by atoms with Crippen LogP contribution in [0, 0.1) is 15.0 Å². The van der Waals surface area contributed by atoms with Crippen molar-refractivity contribution in [1.29, 1.82) is 0 Å². The number of carbonyl (C=O) groups excluding carboxylic acids is 4. The lowest BCUT2D eigenvalue weighted by molar-refractivity contribution is -0.798. The number of hydrogen-bond acceptors (Lipinski definition) is 13. The molecular weight excluding hydrogens is 500 g/mol. The molecular formula is C22H21N2O13+. The molecule has 2 aromatic carbocycles. The summed E-state index contributed by atoms with van der Waals surface area (Å²) >= 11 is 0. The van der Waals surface area contributed by atoms with Crippen molar-refractivity contribution in [3.8, 4) is 11.5 Å². The Balaban J connectivity index is 1.93. The molecule has 0 aliphatic rings. The minimum Gasteiger partial charge on any atom is -0.426 e. The number of para-hydroxylation sites is 2. The Morgan fingerprint density at radius 2 is 1.46 bits per heavy atom. The van der Waals surface area contributed by atoms with Gasteiger partial charge in [0.05, 0.1) is 4.91 Å². The fraction of sp³-hybridized carbons (Fsp3) is 0.273. The number of esters is 4. The summed E-state index contributed by atoms with van der Waals surface area (Å²) in [5.74, 6) is -3.62. The highest BCUT2D eigenvalue weighted by atomic mass is 17.0. The van der Waals surface area contributed by atoms with Crippen molar-refractivity contribution in [3.63, 3.8) is 0 Å². The van der Waals surface area contributed by atoms with Gasteiger partial charge in [0, 0.05) is 19.8 Å². The van der Waals surface area contributed by atoms with E-state index in [0.717, 1.165) is 12.3 Å². The van der Waals surface area contributed by atoms with Crippen molar-refractivity contribution in [2.24, 2.45) is 0 Å². The van der Waals surface area contributed by atoms with Crippen LogP contribution in [0.3, 0.4) is 0 Å². The van der Waals surface area contributed by atoms with Gasteiger partial charge >= 0.3 is 23.9 Å². The Kier molecular flexibility index (Phi) is 10.9. The third-order valence-electron chi connectivity index (χ3n) is 4.32. The Labute approximate surface area is 208 Å². The number of nitrogens with one attached hydrogen (secondary N) is 1. The minimum absolute atomic E-state index is 0.0350. The predicted molar refractivity (Wildman–Crippen MR) is 117 cm³/mol. The molecule has 0 saturated carbocycles. The Morgan fingerprint density at radius 3 is 1.97 bits per heavy atom. The van der Waals surface area contributed by atoms with Crippen molar-refractivity contribution < 1.29 is 58.2 Å². The summed E-state index contributed by atoms with van der Waals surface area (Å²) in [7, 11) is 0. The van der Waals surface area contributed by atoms with Crippen LogP contribution in [0.1, 0.15) is 40.5 Å². The van der Waals surface area contributed by atoms with Crippen LogP contribution in [0.15, 0.2) is 48.5 Å². The van der Waals surface area contributed by atoms with E-state index < -0.39 is 48.5 Å². The smallest absolute Gasteiger partial charge is 0.344 e. The first kappa shape index (κ1) is 28.2. The second-order valence-corrected chi connectivity index (χ2v) is 6.92. The van der Waals surface area contributed by atoms with Crippen LogP contribution in [0.5, 0.6) is 11.5 Å². The van der Waals surface area contributed by atoms with Gasteiger partial charge in [-0.2, -0.15) is 0 Å². The van der Waals surface area contributed by atoms with Crippen molar-refractivity contribution in [2.75, 3.05) is 13.4 Å². The molecule has 0 radical (unpaired) electrons. The maximum absolute atomic E-state index is 12.5. The first-order valence-electron chi connectivity index (χ1n) is 10.4. The van der Waals surface area contributed by atoms with Gasteiger partial charge in [-0.1, -0.05) is 24.3 Å². The molecule has 2 aromatic rings. The van der Waals surface area contributed by atoms with Gasteiger partial charge in [0.25, 0.3) is 5.09 Å². The van der Waals surface area contributed by atoms with Crippen LogP contribution in [-0.2, 0) is 28.7 Å². The zero-order valence-corrected chi connectivity index (χ0v) is 19.3. The maximum atomic E-state index is 12.5. The van der Waals surface area contributed by atoms with E-state index in [0.29, 0.717) is 0 Å². The van der Waals surface area contributed by atoms with Crippen LogP contribution in [-0.4, -0.2) is 48.5 Å². The van der Waals surface area contributed by atoms with Crippen LogP contribution in [0.4, 0.5) is 0 Å². The lowest BCUT2D eigenvalue weighted by atomic mass is 10.2. The lowest BCUT2D eigenvalue weighted by Crippen LogP contribution is -2.65. The second kappa shape index (κ2) is 14.3. The fourth-order valence-corrected chi connectivity index (χ4v) is 2.74. The second-order valence-electron chi connectivity index (χ2n) is 6.92. The normalized spacial score (nSPS) is 10.8. The third kappa shape index (κ3) is 9.59. The molecule has 196 valence electrons. The summed E-state index contributed by atoms with van der Waals surface area (Å²) in [5.41, 5.74) is -0.237. The zero-order valence-electron chi connectivity index (χ0n) is 19.3. The van der Waals surface area contributed by atoms with E-state index >= 15 is 0 Å². The molecule has 0 aromatic heterocycles. The largest absolute Gasteiger partial charge is 0.426 e. The monoisotopic (exact) mass is 521 g/mol. The van der Waals surface area contributed by atoms with E-state index in [2.05, 4.69) is 9.68 Å². The molecule has 0 aliphatic heterocycles. The van der Waals surface area contributed by atoms with E-state index in [1.165, 1.54) is 42.5 Å². The summed E-state index contributed by atoms with van der Waals surface area (Å²) in [4.78, 5) is 77.4. The predicted octanol–water partition coefficient (Wildman–Crippen LogP) is 0.624. The molecule has 15 nitrogen and oxygen atoms in total. The summed E-state index contributed by atoms with van der Waals surface area (Å²) < 4.78 is 19.9. The molecule has 1 N–H and O–H groups in total. The van der Waals surface area contributed by atoms with Crippen LogP contribution in [0.25, 0.3) is 0 Å². The molecule has 0 amide bonds. The molecule has 1 unspecified atom stereocenters. The number of carbonyl (C=O) groups is 4. The molecule has 0 fully saturated rings. The first-order chi connectivity index (χ1) is 17.7. The average molecular weight is 521 g/mol. The molecule has 0 aliphatic carbocycles. The molecule has 15 heteroatoms. The zero-order chi connectivity index (χ0) is 27.2. The van der Waals surface area contributed by atoms with E-state index in [4.69, 9.17) is 18.9 Å². The number of benzene rings is 2. The van der Waals surface area contributed by atoms with E-state index in [1.807, 2.05) is 0 Å². The van der Waals surface area contributed by atoms with Gasteiger partial charge in [0.15, 0.2) is 6.10 Å². The van der Waals surface area contributed by atoms with Crippen molar-refractivity contribution in [2.45, 2.75) is 25.9 Å². The van der Waals surface area contributed by atoms with Crippen molar-refractivity contribution >= 4 is 23.9 Å². The fourth-order valence-electron chi connectivity index (χ4n) is 2.74. The topological polar surface area (TPSA) is 198 Å². The number of hydrogen-bond donors (Lipinski definition) is 1. The Morgan fingerprint density at radius 1 is 0.919 bits per heavy atom. The van der Waals surface area contributed by atoms with Gasteiger partial charge in [-0.15, -0.1) is 10.1 Å². The van der Waals surface area contributed by atoms with Gasteiger partial charge in [0.1, 0.15) is 29.2 Å². The Hall–Kier alpha value is -5.08. The summed E-state index contributed by atoms with van der Waals surface area (Å²) in [6, 6.07) is 11.3. The first-order valence-corrected chi connectivity index (χ1v) is 10.4. The quantitative estimate of drug-likeness (QED) is 0.119. The molecule has 1 atom stereocenters. The third-order valence-corrected chi connectivity index (χ3v) is 4.32. The highest BCUT2D eigenvalue weighted by molar-refractivity contribution is 5.94. The molecule has 0 bridgehead atoms. The highest BCUT2D eigenvalue weighted by Gasteiger charge is 2.22. The summed E-state index contributed by atoms with van der Waals surface area (Å²) in [6.45, 7) is -0.247. The van der Waals surface area contributed by atoms with E-state index in [9.17, 15) is 34.2 Å². The van der Waals surface area contributed by atoms with Crippen LogP contribution in [0.2, 0.25) is 0 Å². The van der Waals surface area contributed by atoms with E-state index in [-0.39, 0.29) is 35.5 Å². The molecule has 0 saturated heterocycles. The highest BCUT2D eigenvalue weighted by Crippen LogP contribution is 2.21. The average Bonchev–Trinajstić information content (AvgIpc) is 2.85. The number of rotatable bonds is 14. The SMILES string of the molecule is CC(=O)Oc1ccccc1C(=O)OCOC(=O)c1ccccc1OC(=O)CCC(CO[N+](=O)[O-])O[NH+]=O. The number of nitrogens with zero attached hydrogens (tertiary/aromatic N) is 1. The molecule has 37 heavy (non-hydrogen) atoms. The van der Waals surface area contributed by atoms with Crippen LogP contribution >= 0.6 is 0 Å². The Bertz CT molecular complexity index is 1150. The molecule has 2 rings (SSSR count). The van der Waals surface area contributed by atoms with Gasteiger partial charge < -0.3 is 23.8 Å². The van der Waals surface area contributed by atoms with Crippen molar-refractivity contribution in [1.82, 2.24) is 0 Å². The number of ether oxygens (including phenoxy) is 4. The minimum atomic E-state index is -1.13. The maximum Gasteiger partial charge on any atom is 0.344 e. The van der Waals surface area contributed by atoms with Crippen molar-refractivity contribution in [3.05, 3.63) is 74.7 Å². The summed E-state index contributed by atoms with van der Waals surface area (Å²) in [5, 5.41) is 10.3. The lowest BCUT2D eigenvalue weighted by Gasteiger charge is -2.12. The summed E-state index contributed by atoms with van der Waals surface area (Å²) in [6.07, 6.45) is -1.66. The van der Waals surface area contributed by atoms with E-state index in [1.54, 1.807) is 6.07 Å². The van der Waals surface area contributed by atoms with Crippen LogP contribution < -0.4 is 14.8 Å². The van der Waals surface area contributed by atoms with Gasteiger partial charge in [-0.3, -0.25) is 9.59 Å². The van der Waals surface area contributed by atoms with Gasteiger partial charge in [-0.25, -0.2) is 14.4 Å². The van der Waals surface area contributed by atoms with Gasteiger partial charge in [-0.05, 0) is 24.3 Å². The van der Waals surface area contributed by atoms with Gasteiger partial charge in [0.2, 0.25) is 12.1 Å². The molecule has 0 spiro atoms. The molecule has 0 heterocycles.